The Morgan fingerprint density at radius 2 is 1.35 bits per heavy atom. The van der Waals surface area contributed by atoms with E-state index in [2.05, 4.69) is 87.0 Å². The Hall–Kier alpha value is -1.94. The first-order valence-electron chi connectivity index (χ1n) is 6.61. The number of nitrogens with one attached hydrogen (secondary N) is 2. The molecule has 4 rings (SSSR count). The average molecular weight is 323 g/mol. The molecule has 1 aliphatic rings. The van der Waals surface area contributed by atoms with Crippen LogP contribution in [-0.4, -0.2) is 6.98 Å². The van der Waals surface area contributed by atoms with Crippen LogP contribution in [0.25, 0.3) is 10.8 Å². The molecular weight excluding hydrogens is 311 g/mol. The zero-order valence-electron chi connectivity index (χ0n) is 10.7. The van der Waals surface area contributed by atoms with Crippen molar-refractivity contribution in [2.24, 2.45) is 0 Å². The summed E-state index contributed by atoms with van der Waals surface area (Å²) in [6.07, 6.45) is 0. The number of rotatable bonds is 1. The third-order valence-electron chi connectivity index (χ3n) is 3.71. The van der Waals surface area contributed by atoms with Gasteiger partial charge in [-0.05, 0) is 35.1 Å². The molecule has 0 fully saturated rings. The molecule has 0 spiro atoms. The van der Waals surface area contributed by atoms with E-state index in [1.165, 1.54) is 27.6 Å². The molecule has 0 radical (unpaired) electrons. The Morgan fingerprint density at radius 1 is 0.750 bits per heavy atom. The second kappa shape index (κ2) is 4.56. The van der Waals surface area contributed by atoms with Gasteiger partial charge in [0, 0.05) is 21.2 Å². The molecule has 3 aromatic carbocycles. The minimum Gasteiger partial charge on any atom is -0.405 e. The Bertz CT molecular complexity index is 745. The zero-order valence-corrected chi connectivity index (χ0v) is 12.3. The summed E-state index contributed by atoms with van der Waals surface area (Å²) in [6, 6.07) is 21.1. The van der Waals surface area contributed by atoms with E-state index in [0.717, 1.165) is 4.47 Å². The number of hydrogen-bond donors (Lipinski definition) is 2. The van der Waals surface area contributed by atoms with E-state index in [0.29, 0.717) is 0 Å². The highest BCUT2D eigenvalue weighted by atomic mass is 79.9. The summed E-state index contributed by atoms with van der Waals surface area (Å²) in [7, 11) is 0. The fourth-order valence-corrected chi connectivity index (χ4v) is 3.01. The minimum atomic E-state index is 0.101. The van der Waals surface area contributed by atoms with Crippen LogP contribution >= 0.6 is 15.9 Å². The molecule has 0 saturated heterocycles. The number of hydrogen-bond acceptors (Lipinski definition) is 2. The Kier molecular flexibility index (Phi) is 2.71. The SMILES string of the molecule is Brc1ccc(B2Nc3cccc4cccc(c34)N2)cc1. The van der Waals surface area contributed by atoms with Gasteiger partial charge >= 0.3 is 6.98 Å². The van der Waals surface area contributed by atoms with Crippen LogP contribution in [0.3, 0.4) is 0 Å². The van der Waals surface area contributed by atoms with Crippen LogP contribution in [0, 0.1) is 0 Å². The summed E-state index contributed by atoms with van der Waals surface area (Å²) in [5.41, 5.74) is 3.59. The summed E-state index contributed by atoms with van der Waals surface area (Å²) in [5, 5.41) is 9.67. The highest BCUT2D eigenvalue weighted by molar-refractivity contribution is 9.10. The summed E-state index contributed by atoms with van der Waals surface area (Å²) >= 11 is 3.48. The van der Waals surface area contributed by atoms with Gasteiger partial charge in [-0.1, -0.05) is 52.3 Å². The zero-order chi connectivity index (χ0) is 13.5. The molecule has 0 aromatic heterocycles. The summed E-state index contributed by atoms with van der Waals surface area (Å²) in [6.45, 7) is 0.101. The monoisotopic (exact) mass is 322 g/mol. The molecule has 4 heteroatoms. The normalized spacial score (nSPS) is 12.9. The summed E-state index contributed by atoms with van der Waals surface area (Å²) < 4.78 is 1.10. The van der Waals surface area contributed by atoms with Crippen molar-refractivity contribution >= 4 is 50.5 Å². The molecule has 0 atom stereocenters. The molecule has 96 valence electrons. The van der Waals surface area contributed by atoms with Gasteiger partial charge in [-0.25, -0.2) is 0 Å². The predicted molar refractivity (Wildman–Crippen MR) is 90.7 cm³/mol. The van der Waals surface area contributed by atoms with Crippen molar-refractivity contribution in [1.82, 2.24) is 0 Å². The van der Waals surface area contributed by atoms with Gasteiger partial charge in [0.1, 0.15) is 0 Å². The maximum Gasteiger partial charge on any atom is 0.406 e. The molecule has 0 saturated carbocycles. The third kappa shape index (κ3) is 1.88. The lowest BCUT2D eigenvalue weighted by atomic mass is 9.66. The van der Waals surface area contributed by atoms with Crippen molar-refractivity contribution < 1.29 is 0 Å². The van der Waals surface area contributed by atoms with Gasteiger partial charge < -0.3 is 10.5 Å². The lowest BCUT2D eigenvalue weighted by molar-refractivity contribution is 1.59. The quantitative estimate of drug-likeness (QED) is 0.665. The Balaban J connectivity index is 1.81. The topological polar surface area (TPSA) is 24.1 Å². The highest BCUT2D eigenvalue weighted by Gasteiger charge is 2.24. The second-order valence-electron chi connectivity index (χ2n) is 4.98. The molecule has 20 heavy (non-hydrogen) atoms. The standard InChI is InChI=1S/C16H12BBrN2/c18-13-9-7-12(8-10-13)17-19-14-5-1-3-11-4-2-6-15(20-17)16(11)14/h1-10,19-20H. The summed E-state index contributed by atoms with van der Waals surface area (Å²) in [5.74, 6) is 0. The van der Waals surface area contributed by atoms with Crippen LogP contribution in [-0.2, 0) is 0 Å². The van der Waals surface area contributed by atoms with Crippen molar-refractivity contribution in [1.29, 1.82) is 0 Å². The molecule has 0 unspecified atom stereocenters. The van der Waals surface area contributed by atoms with Gasteiger partial charge in [-0.3, -0.25) is 0 Å². The molecule has 3 aromatic rings. The van der Waals surface area contributed by atoms with E-state index in [1.807, 2.05) is 0 Å². The van der Waals surface area contributed by atoms with Crippen LogP contribution in [0.2, 0.25) is 0 Å². The maximum absolute atomic E-state index is 3.57. The van der Waals surface area contributed by atoms with Crippen LogP contribution in [0.15, 0.2) is 65.1 Å². The fraction of sp³-hybridized carbons (Fsp3) is 0. The van der Waals surface area contributed by atoms with Crippen LogP contribution < -0.4 is 15.9 Å². The van der Waals surface area contributed by atoms with Crippen molar-refractivity contribution in [2.45, 2.75) is 0 Å². The number of benzene rings is 3. The van der Waals surface area contributed by atoms with Crippen LogP contribution in [0.1, 0.15) is 0 Å². The first-order chi connectivity index (χ1) is 9.81. The predicted octanol–water partition coefficient (Wildman–Crippen LogP) is 3.84. The average Bonchev–Trinajstić information content (AvgIpc) is 2.48. The smallest absolute Gasteiger partial charge is 0.405 e. The van der Waals surface area contributed by atoms with E-state index in [1.54, 1.807) is 0 Å². The van der Waals surface area contributed by atoms with E-state index in [-0.39, 0.29) is 6.98 Å². The molecule has 0 amide bonds. The lowest BCUT2D eigenvalue weighted by Crippen LogP contribution is -2.47. The van der Waals surface area contributed by atoms with Gasteiger partial charge in [0.25, 0.3) is 0 Å². The van der Waals surface area contributed by atoms with Gasteiger partial charge in [0.2, 0.25) is 0 Å². The van der Waals surface area contributed by atoms with E-state index >= 15 is 0 Å². The van der Waals surface area contributed by atoms with Gasteiger partial charge in [0.15, 0.2) is 0 Å². The Labute approximate surface area is 126 Å². The molecule has 1 aliphatic heterocycles. The van der Waals surface area contributed by atoms with Gasteiger partial charge in [0.05, 0.1) is 0 Å². The number of anilines is 2. The minimum absolute atomic E-state index is 0.101. The molecule has 1 heterocycles. The number of halogens is 1. The second-order valence-corrected chi connectivity index (χ2v) is 5.90. The molecule has 2 N–H and O–H groups in total. The lowest BCUT2D eigenvalue weighted by Gasteiger charge is -2.26. The maximum atomic E-state index is 3.57. The van der Waals surface area contributed by atoms with Gasteiger partial charge in [-0.15, -0.1) is 0 Å². The van der Waals surface area contributed by atoms with E-state index < -0.39 is 0 Å². The molecule has 0 aliphatic carbocycles. The highest BCUT2D eigenvalue weighted by Crippen LogP contribution is 2.33. The van der Waals surface area contributed by atoms with E-state index in [9.17, 15) is 0 Å². The largest absolute Gasteiger partial charge is 0.406 e. The van der Waals surface area contributed by atoms with Crippen LogP contribution in [0.5, 0.6) is 0 Å². The first-order valence-corrected chi connectivity index (χ1v) is 7.41. The molecule has 2 nitrogen and oxygen atoms in total. The fourth-order valence-electron chi connectivity index (χ4n) is 2.75. The van der Waals surface area contributed by atoms with Crippen molar-refractivity contribution in [3.63, 3.8) is 0 Å². The van der Waals surface area contributed by atoms with E-state index in [4.69, 9.17) is 0 Å². The van der Waals surface area contributed by atoms with Crippen molar-refractivity contribution in [3.8, 4) is 0 Å². The van der Waals surface area contributed by atoms with Crippen molar-refractivity contribution in [2.75, 3.05) is 10.5 Å². The molecular formula is C16H12BBrN2. The molecule has 0 bridgehead atoms. The third-order valence-corrected chi connectivity index (χ3v) is 4.24. The van der Waals surface area contributed by atoms with Gasteiger partial charge in [-0.2, -0.15) is 0 Å². The van der Waals surface area contributed by atoms with Crippen molar-refractivity contribution in [3.05, 3.63) is 65.1 Å². The van der Waals surface area contributed by atoms with Crippen LogP contribution in [0.4, 0.5) is 11.4 Å². The summed E-state index contributed by atoms with van der Waals surface area (Å²) in [4.78, 5) is 0. The first kappa shape index (κ1) is 11.9. The Morgan fingerprint density at radius 3 is 1.95 bits per heavy atom.